The summed E-state index contributed by atoms with van der Waals surface area (Å²) in [7, 11) is 0. The zero-order valence-corrected chi connectivity index (χ0v) is 15.2. The Morgan fingerprint density at radius 2 is 0.522 bits per heavy atom. The summed E-state index contributed by atoms with van der Waals surface area (Å²) < 4.78 is 0. The van der Waals surface area contributed by atoms with Crippen LogP contribution in [0, 0.1) is 30.3 Å². The number of hydrogen-bond acceptors (Lipinski definition) is 6. The minimum atomic E-state index is -1.50. The average molecular weight is 447 g/mol. The van der Waals surface area contributed by atoms with E-state index in [1.807, 2.05) is 0 Å². The van der Waals surface area contributed by atoms with Crippen molar-refractivity contribution in [3.05, 3.63) is 30.3 Å². The van der Waals surface area contributed by atoms with Crippen LogP contribution in [-0.2, 0) is 17.1 Å². The van der Waals surface area contributed by atoms with E-state index in [0.29, 0.717) is 0 Å². The van der Waals surface area contributed by atoms with Crippen LogP contribution < -0.4 is 51.4 Å². The Bertz CT molecular complexity index is 128. The van der Waals surface area contributed by atoms with E-state index in [1.165, 1.54) is 0 Å². The zero-order chi connectivity index (χ0) is 10.7. The van der Waals surface area contributed by atoms with E-state index < -0.39 is 15.3 Å². The summed E-state index contributed by atoms with van der Waals surface area (Å²) in [6.45, 7) is 0. The van der Waals surface area contributed by atoms with Crippen molar-refractivity contribution in [1.82, 2.24) is 0 Å². The van der Waals surface area contributed by atoms with E-state index in [-0.39, 0.29) is 119 Å². The Morgan fingerprint density at radius 1 is 0.522 bits per heavy atom. The minimum absolute atomic E-state index is 0. The first-order valence-electron chi connectivity index (χ1n) is 1.70. The second-order valence-electron chi connectivity index (χ2n) is 0.714. The van der Waals surface area contributed by atoms with E-state index >= 15 is 0 Å². The first kappa shape index (κ1) is 145. The van der Waals surface area contributed by atoms with Crippen LogP contribution in [0.2, 0.25) is 0 Å². The second kappa shape index (κ2) is 126. The van der Waals surface area contributed by atoms with Gasteiger partial charge in [0.25, 0.3) is 15.3 Å². The van der Waals surface area contributed by atoms with Crippen LogP contribution in [0.25, 0.3) is 0 Å². The minimum Gasteiger partial charge on any atom is -1.00 e. The molecule has 23 heteroatoms. The van der Waals surface area contributed by atoms with Gasteiger partial charge in [-0.05, 0) is 0 Å². The van der Waals surface area contributed by atoms with Crippen molar-refractivity contribution in [2.24, 2.45) is 0 Å². The standard InChI is InChI=1S/Fe.K.3HNO3.9H2O.H/c;;3*2-1(3)4;;;;;;;;;;/h;;3*(H,2,3,4);9*1H2;/q;+1;;;;;;;;;;;;;-1. The molecule has 0 aliphatic carbocycles. The largest absolute Gasteiger partial charge is 1.00 e. The molecule has 0 rings (SSSR count). The molecule has 0 unspecified atom stereocenters. The third kappa shape index (κ3) is 22100. The fourth-order valence-electron chi connectivity index (χ4n) is 0. The van der Waals surface area contributed by atoms with E-state index in [1.54, 1.807) is 0 Å². The Balaban J connectivity index is -0.00000000312. The molecule has 23 heavy (non-hydrogen) atoms. The van der Waals surface area contributed by atoms with Crippen LogP contribution in [0.5, 0.6) is 0 Å². The van der Waals surface area contributed by atoms with Gasteiger partial charge in [-0.2, -0.15) is 0 Å². The first-order chi connectivity index (χ1) is 5.20. The predicted molar refractivity (Wildman–Crippen MR) is 60.0 cm³/mol. The third-order valence-corrected chi connectivity index (χ3v) is 0. The quantitative estimate of drug-likeness (QED) is 0.180. The van der Waals surface area contributed by atoms with Gasteiger partial charge in [0.2, 0.25) is 0 Å². The van der Waals surface area contributed by atoms with Crippen LogP contribution in [-0.4, -0.2) is 80.2 Å². The van der Waals surface area contributed by atoms with E-state index in [4.69, 9.17) is 46.0 Å². The van der Waals surface area contributed by atoms with Crippen molar-refractivity contribution in [1.29, 1.82) is 0 Å². The van der Waals surface area contributed by atoms with Crippen LogP contribution in [0.15, 0.2) is 0 Å². The van der Waals surface area contributed by atoms with Crippen LogP contribution >= 0.6 is 0 Å². The zero-order valence-electron chi connectivity index (χ0n) is 12.0. The average Bonchev–Trinajstić information content (AvgIpc) is 1.54. The Morgan fingerprint density at radius 3 is 0.522 bits per heavy atom. The van der Waals surface area contributed by atoms with Crippen LogP contribution in [0.4, 0.5) is 0 Å². The van der Waals surface area contributed by atoms with E-state index in [2.05, 4.69) is 0 Å². The molecule has 154 valence electrons. The molecule has 0 saturated heterocycles. The molecular formula is H22FeKN3O18. The number of hydrogen-bond donors (Lipinski definition) is 3. The molecule has 0 bridgehead atoms. The number of rotatable bonds is 0. The molecule has 0 aromatic rings. The Labute approximate surface area is 179 Å². The van der Waals surface area contributed by atoms with E-state index in [9.17, 15) is 0 Å². The molecule has 0 spiro atoms. The molecule has 0 aromatic carbocycles. The summed E-state index contributed by atoms with van der Waals surface area (Å²) in [5, 5.41) is 40.9. The molecule has 0 aromatic heterocycles. The van der Waals surface area contributed by atoms with Crippen molar-refractivity contribution >= 4 is 0 Å². The van der Waals surface area contributed by atoms with Gasteiger partial charge in [-0.15, -0.1) is 30.3 Å². The van der Waals surface area contributed by atoms with Gasteiger partial charge in [0, 0.05) is 17.1 Å². The van der Waals surface area contributed by atoms with Gasteiger partial charge in [0.1, 0.15) is 0 Å². The molecule has 21 N–H and O–H groups in total. The van der Waals surface area contributed by atoms with Gasteiger partial charge in [-0.25, -0.2) is 0 Å². The van der Waals surface area contributed by atoms with Crippen LogP contribution in [0.1, 0.15) is 1.43 Å². The van der Waals surface area contributed by atoms with Crippen LogP contribution in [0.3, 0.4) is 0 Å². The van der Waals surface area contributed by atoms with Crippen molar-refractivity contribution in [2.75, 3.05) is 0 Å². The second-order valence-corrected chi connectivity index (χ2v) is 0.714. The maximum absolute atomic E-state index is 8.36. The summed E-state index contributed by atoms with van der Waals surface area (Å²) in [6.07, 6.45) is 0. The molecule has 0 radical (unpaired) electrons. The maximum atomic E-state index is 8.36. The summed E-state index contributed by atoms with van der Waals surface area (Å²) in [5.74, 6) is 0. The Kier molecular flexibility index (Phi) is 798. The summed E-state index contributed by atoms with van der Waals surface area (Å²) in [5.41, 5.74) is 0. The topological polar surface area (TPSA) is 474 Å². The van der Waals surface area contributed by atoms with Gasteiger partial charge in [0.15, 0.2) is 0 Å². The fraction of sp³-hybridized carbons (Fsp3) is 0. The molecule has 0 amide bonds. The van der Waals surface area contributed by atoms with Gasteiger partial charge in [0.05, 0.1) is 0 Å². The first-order valence-corrected chi connectivity index (χ1v) is 1.70. The third-order valence-electron chi connectivity index (χ3n) is 0. The molecular weight excluding hydrogens is 425 g/mol. The Hall–Kier alpha value is -0.604. The maximum Gasteiger partial charge on any atom is 1.00 e. The van der Waals surface area contributed by atoms with Gasteiger partial charge < -0.3 is 66.3 Å². The summed E-state index contributed by atoms with van der Waals surface area (Å²) in [4.78, 5) is 25.1. The van der Waals surface area contributed by atoms with Crippen molar-refractivity contribution in [3.63, 3.8) is 0 Å². The molecule has 0 aliphatic heterocycles. The summed E-state index contributed by atoms with van der Waals surface area (Å²) in [6, 6.07) is 0. The van der Waals surface area contributed by atoms with Gasteiger partial charge >= 0.3 is 51.4 Å². The SMILES string of the molecule is O.O.O.O.O.O.O.O.O.O=[N+]([O-])O.O=[N+]([O-])O.O=[N+]([O-])O.[Fe].[H-].[K+]. The fourth-order valence-corrected chi connectivity index (χ4v) is 0. The molecule has 0 saturated carbocycles. The van der Waals surface area contributed by atoms with Crippen molar-refractivity contribution < 1.29 is 150 Å². The molecule has 0 atom stereocenters. The predicted octanol–water partition coefficient (Wildman–Crippen LogP) is -11.4. The van der Waals surface area contributed by atoms with E-state index in [0.717, 1.165) is 0 Å². The van der Waals surface area contributed by atoms with Gasteiger partial charge in [-0.3, -0.25) is 0 Å². The normalized spacial score (nSPS) is 3.13. The summed E-state index contributed by atoms with van der Waals surface area (Å²) >= 11 is 0. The molecule has 0 fully saturated rings. The van der Waals surface area contributed by atoms with Gasteiger partial charge in [-0.1, -0.05) is 0 Å². The molecule has 0 aliphatic rings. The molecule has 0 heterocycles. The number of nitrogens with zero attached hydrogens (tertiary/aromatic N) is 3. The van der Waals surface area contributed by atoms with Crippen molar-refractivity contribution in [3.8, 4) is 0 Å². The van der Waals surface area contributed by atoms with Crippen molar-refractivity contribution in [2.45, 2.75) is 0 Å². The smallest absolute Gasteiger partial charge is 1.00 e. The monoisotopic (exact) mass is 447 g/mol. The molecule has 21 nitrogen and oxygen atoms in total.